The average Bonchev–Trinajstić information content (AvgIpc) is 3.24. The van der Waals surface area contributed by atoms with Crippen molar-refractivity contribution in [2.45, 2.75) is 18.6 Å². The van der Waals surface area contributed by atoms with Gasteiger partial charge in [0.2, 0.25) is 5.95 Å². The lowest BCUT2D eigenvalue weighted by Gasteiger charge is -2.23. The molecule has 0 spiro atoms. The van der Waals surface area contributed by atoms with Gasteiger partial charge >= 0.3 is 0 Å². The molecule has 0 aliphatic carbocycles. The van der Waals surface area contributed by atoms with Gasteiger partial charge in [0.1, 0.15) is 0 Å². The molecule has 2 aromatic carbocycles. The highest BCUT2D eigenvalue weighted by Gasteiger charge is 2.36. The molecule has 0 amide bonds. The predicted molar refractivity (Wildman–Crippen MR) is 102 cm³/mol. The minimum Gasteiger partial charge on any atom is -0.387 e. The molecule has 1 saturated heterocycles. The van der Waals surface area contributed by atoms with Crippen LogP contribution in [0.1, 0.15) is 12.0 Å². The van der Waals surface area contributed by atoms with E-state index in [1.807, 2.05) is 42.5 Å². The van der Waals surface area contributed by atoms with Crippen LogP contribution in [0.15, 0.2) is 48.5 Å². The smallest absolute Gasteiger partial charge is 0.206 e. The van der Waals surface area contributed by atoms with Crippen LogP contribution in [0.4, 0.5) is 11.6 Å². The van der Waals surface area contributed by atoms with E-state index in [1.165, 1.54) is 0 Å². The van der Waals surface area contributed by atoms with E-state index in [-0.39, 0.29) is 6.54 Å². The van der Waals surface area contributed by atoms with Crippen LogP contribution in [0.25, 0.3) is 15.9 Å². The van der Waals surface area contributed by atoms with E-state index < -0.39 is 5.60 Å². The number of hydrogen-bond donors (Lipinski definition) is 2. The second kappa shape index (κ2) is 6.45. The molecule has 6 heteroatoms. The van der Waals surface area contributed by atoms with E-state index in [2.05, 4.69) is 20.4 Å². The Bertz CT molecular complexity index is 972. The topological polar surface area (TPSA) is 71.7 Å². The van der Waals surface area contributed by atoms with Crippen molar-refractivity contribution in [3.63, 3.8) is 0 Å². The van der Waals surface area contributed by atoms with Crippen LogP contribution in [0.2, 0.25) is 0 Å². The highest BCUT2D eigenvalue weighted by molar-refractivity contribution is 5.79. The number of aromatic nitrogens is 2. The molecule has 26 heavy (non-hydrogen) atoms. The summed E-state index contributed by atoms with van der Waals surface area (Å²) in [5, 5.41) is 10.5. The first-order valence-corrected chi connectivity index (χ1v) is 8.71. The number of hydrogen-bond acceptors (Lipinski definition) is 4. The summed E-state index contributed by atoms with van der Waals surface area (Å²) in [5.74, 6) is 0.852. The number of β-amino-alcohol motifs (C(OH)–C–C–N with tert-alkyl or cyclic N) is 1. The van der Waals surface area contributed by atoms with Gasteiger partial charge in [-0.1, -0.05) is 36.4 Å². The molecule has 0 bridgehead atoms. The standard InChI is InChI=1S/C20H21N5O/c1-22-16-8-6-15(7-9-16)12-25-18-5-3-2-4-17(18)23-19(25)24-11-10-20(26,13-21)14-24/h2-9,26H,10-14,21H2/t20-/m0/s1. The van der Waals surface area contributed by atoms with Gasteiger partial charge in [0, 0.05) is 13.1 Å². The Morgan fingerprint density at radius 3 is 2.65 bits per heavy atom. The molecule has 0 radical (unpaired) electrons. The molecule has 1 aliphatic rings. The number of nitrogens with two attached hydrogens (primary N) is 1. The van der Waals surface area contributed by atoms with Crippen LogP contribution >= 0.6 is 0 Å². The van der Waals surface area contributed by atoms with Crippen LogP contribution in [0.3, 0.4) is 0 Å². The third-order valence-corrected chi connectivity index (χ3v) is 5.04. The number of benzene rings is 2. The fraction of sp³-hybridized carbons (Fsp3) is 0.300. The molecular formula is C20H21N5O. The lowest BCUT2D eigenvalue weighted by atomic mass is 10.0. The second-order valence-electron chi connectivity index (χ2n) is 6.86. The summed E-state index contributed by atoms with van der Waals surface area (Å²) in [6, 6.07) is 15.7. The van der Waals surface area contributed by atoms with Gasteiger partial charge < -0.3 is 20.3 Å². The largest absolute Gasteiger partial charge is 0.387 e. The average molecular weight is 347 g/mol. The van der Waals surface area contributed by atoms with Crippen molar-refractivity contribution in [1.82, 2.24) is 9.55 Å². The van der Waals surface area contributed by atoms with Crippen molar-refractivity contribution in [2.75, 3.05) is 24.5 Å². The minimum absolute atomic E-state index is 0.252. The summed E-state index contributed by atoms with van der Waals surface area (Å²) < 4.78 is 2.17. The summed E-state index contributed by atoms with van der Waals surface area (Å²) in [4.78, 5) is 10.4. The normalized spacial score (nSPS) is 19.8. The lowest BCUT2D eigenvalue weighted by molar-refractivity contribution is 0.0724. The zero-order chi connectivity index (χ0) is 18.1. The summed E-state index contributed by atoms with van der Waals surface area (Å²) in [5.41, 5.74) is 8.63. The molecular weight excluding hydrogens is 326 g/mol. The molecule has 2 heterocycles. The number of fused-ring (bicyclic) bond motifs is 1. The van der Waals surface area contributed by atoms with E-state index in [4.69, 9.17) is 17.3 Å². The maximum absolute atomic E-state index is 10.5. The van der Waals surface area contributed by atoms with Gasteiger partial charge in [-0.25, -0.2) is 9.83 Å². The Morgan fingerprint density at radius 2 is 1.96 bits per heavy atom. The van der Waals surface area contributed by atoms with Gasteiger partial charge in [-0.3, -0.25) is 0 Å². The number of imidazole rings is 1. The van der Waals surface area contributed by atoms with Crippen molar-refractivity contribution < 1.29 is 5.11 Å². The molecule has 4 rings (SSSR count). The highest BCUT2D eigenvalue weighted by Crippen LogP contribution is 2.30. The second-order valence-corrected chi connectivity index (χ2v) is 6.86. The maximum Gasteiger partial charge on any atom is 0.206 e. The molecule has 1 aliphatic heterocycles. The molecule has 0 unspecified atom stereocenters. The van der Waals surface area contributed by atoms with E-state index in [0.29, 0.717) is 25.2 Å². The van der Waals surface area contributed by atoms with Gasteiger partial charge in [0.05, 0.1) is 36.3 Å². The van der Waals surface area contributed by atoms with Gasteiger partial charge in [-0.2, -0.15) is 0 Å². The molecule has 132 valence electrons. The summed E-state index contributed by atoms with van der Waals surface area (Å²) in [6.45, 7) is 9.22. The van der Waals surface area contributed by atoms with Crippen LogP contribution in [0.5, 0.6) is 0 Å². The first-order valence-electron chi connectivity index (χ1n) is 8.71. The van der Waals surface area contributed by atoms with Crippen molar-refractivity contribution in [1.29, 1.82) is 0 Å². The molecule has 1 aromatic heterocycles. The first kappa shape index (κ1) is 16.6. The number of nitrogens with zero attached hydrogens (tertiary/aromatic N) is 4. The van der Waals surface area contributed by atoms with E-state index >= 15 is 0 Å². The molecule has 0 saturated carbocycles. The number of rotatable bonds is 4. The minimum atomic E-state index is -0.847. The van der Waals surface area contributed by atoms with Crippen molar-refractivity contribution in [3.05, 3.63) is 65.5 Å². The van der Waals surface area contributed by atoms with E-state index in [9.17, 15) is 5.11 Å². The van der Waals surface area contributed by atoms with Crippen LogP contribution in [-0.4, -0.2) is 39.9 Å². The van der Waals surface area contributed by atoms with Gasteiger partial charge in [0.15, 0.2) is 5.69 Å². The third kappa shape index (κ3) is 2.92. The van der Waals surface area contributed by atoms with Crippen LogP contribution < -0.4 is 10.6 Å². The number of anilines is 1. The number of aliphatic hydroxyl groups is 1. The number of para-hydroxylation sites is 2. The van der Waals surface area contributed by atoms with E-state index in [1.54, 1.807) is 0 Å². The molecule has 1 fully saturated rings. The first-order chi connectivity index (χ1) is 12.6. The van der Waals surface area contributed by atoms with Crippen molar-refractivity contribution >= 4 is 22.7 Å². The van der Waals surface area contributed by atoms with Gasteiger partial charge in [-0.15, -0.1) is 0 Å². The predicted octanol–water partition coefficient (Wildman–Crippen LogP) is 2.54. The van der Waals surface area contributed by atoms with Crippen LogP contribution in [0, 0.1) is 6.57 Å². The fourth-order valence-electron chi connectivity index (χ4n) is 3.51. The summed E-state index contributed by atoms with van der Waals surface area (Å²) in [7, 11) is 0. The quantitative estimate of drug-likeness (QED) is 0.712. The molecule has 3 aromatic rings. The van der Waals surface area contributed by atoms with Crippen LogP contribution in [-0.2, 0) is 6.54 Å². The Labute approximate surface area is 152 Å². The fourth-order valence-corrected chi connectivity index (χ4v) is 3.51. The van der Waals surface area contributed by atoms with Crippen molar-refractivity contribution in [3.8, 4) is 0 Å². The van der Waals surface area contributed by atoms with Gasteiger partial charge in [-0.05, 0) is 24.1 Å². The zero-order valence-corrected chi connectivity index (χ0v) is 14.5. The monoisotopic (exact) mass is 347 g/mol. The van der Waals surface area contributed by atoms with E-state index in [0.717, 1.165) is 29.1 Å². The zero-order valence-electron chi connectivity index (χ0n) is 14.5. The SMILES string of the molecule is [C-]#[N+]c1ccc(Cn2c(N3CC[C@](O)(CN)C3)nc3ccccc32)cc1. The Morgan fingerprint density at radius 1 is 1.19 bits per heavy atom. The molecule has 1 atom stereocenters. The lowest BCUT2D eigenvalue weighted by Crippen LogP contribution is -2.41. The third-order valence-electron chi connectivity index (χ3n) is 5.04. The molecule has 6 nitrogen and oxygen atoms in total. The Hall–Kier alpha value is -2.88. The molecule has 3 N–H and O–H groups in total. The van der Waals surface area contributed by atoms with Crippen molar-refractivity contribution in [2.24, 2.45) is 5.73 Å². The summed E-state index contributed by atoms with van der Waals surface area (Å²) in [6.07, 6.45) is 0.645. The maximum atomic E-state index is 10.5. The van der Waals surface area contributed by atoms with Gasteiger partial charge in [0.25, 0.3) is 0 Å². The summed E-state index contributed by atoms with van der Waals surface area (Å²) >= 11 is 0. The Balaban J connectivity index is 1.73. The Kier molecular flexibility index (Phi) is 4.11. The highest BCUT2D eigenvalue weighted by atomic mass is 16.3.